The van der Waals surface area contributed by atoms with Crippen molar-refractivity contribution in [3.8, 4) is 5.75 Å². The molecular weight excluding hydrogens is 350 g/mol. The van der Waals surface area contributed by atoms with Crippen LogP contribution in [0.2, 0.25) is 0 Å². The van der Waals surface area contributed by atoms with E-state index in [1.54, 1.807) is 35.7 Å². The van der Waals surface area contributed by atoms with Gasteiger partial charge in [0.15, 0.2) is 0 Å². The van der Waals surface area contributed by atoms with E-state index in [0.29, 0.717) is 41.7 Å². The van der Waals surface area contributed by atoms with Crippen molar-refractivity contribution in [1.29, 1.82) is 0 Å². The zero-order valence-electron chi connectivity index (χ0n) is 15.4. The van der Waals surface area contributed by atoms with Crippen molar-refractivity contribution in [3.63, 3.8) is 0 Å². The lowest BCUT2D eigenvalue weighted by Crippen LogP contribution is -2.46. The second-order valence-corrected chi connectivity index (χ2v) is 9.87. The molecule has 3 aliphatic rings. The average molecular weight is 380 g/mol. The maximum absolute atomic E-state index is 12.9. The summed E-state index contributed by atoms with van der Waals surface area (Å²) in [7, 11) is -1.84. The van der Waals surface area contributed by atoms with E-state index in [2.05, 4.69) is 4.90 Å². The van der Waals surface area contributed by atoms with Crippen LogP contribution >= 0.6 is 0 Å². The smallest absolute Gasteiger partial charge is 0.243 e. The maximum Gasteiger partial charge on any atom is 0.243 e. The standard InChI is InChI=1S/C19H29N3O3S/c1-25-16-3-5-17(6-4-16)26(23,24)22-10-8-15(9-11-22)21-12-14-2-7-19(20)18(14)13-21/h3-6,14-15,18-19H,2,7-13,20H2,1H3/t14-,18+,19+/m0/s1. The number of fused-ring (bicyclic) bond motifs is 1. The van der Waals surface area contributed by atoms with E-state index in [9.17, 15) is 8.42 Å². The van der Waals surface area contributed by atoms with Crippen LogP contribution in [-0.4, -0.2) is 63.0 Å². The zero-order valence-corrected chi connectivity index (χ0v) is 16.2. The highest BCUT2D eigenvalue weighted by Gasteiger charge is 2.43. The van der Waals surface area contributed by atoms with Crippen LogP contribution in [0.5, 0.6) is 5.75 Å². The van der Waals surface area contributed by atoms with Crippen LogP contribution in [0.15, 0.2) is 29.2 Å². The number of nitrogens with two attached hydrogens (primary N) is 1. The molecule has 26 heavy (non-hydrogen) atoms. The minimum absolute atomic E-state index is 0.346. The monoisotopic (exact) mass is 379 g/mol. The fourth-order valence-corrected chi connectivity index (χ4v) is 6.45. The first kappa shape index (κ1) is 18.2. The van der Waals surface area contributed by atoms with E-state index in [1.165, 1.54) is 12.8 Å². The Morgan fingerprint density at radius 1 is 1.04 bits per heavy atom. The Bertz CT molecular complexity index is 729. The SMILES string of the molecule is COc1ccc(S(=O)(=O)N2CCC(N3C[C@@H]4CC[C@@H](N)[C@@H]4C3)CC2)cc1. The first-order valence-corrected chi connectivity index (χ1v) is 11.1. The number of hydrogen-bond acceptors (Lipinski definition) is 5. The number of nitrogens with zero attached hydrogens (tertiary/aromatic N) is 2. The van der Waals surface area contributed by atoms with Crippen molar-refractivity contribution >= 4 is 10.0 Å². The third-order valence-corrected chi connectivity index (χ3v) is 8.49. The van der Waals surface area contributed by atoms with Gasteiger partial charge in [-0.05, 0) is 61.8 Å². The molecule has 2 heterocycles. The zero-order chi connectivity index (χ0) is 18.3. The van der Waals surface area contributed by atoms with E-state index in [4.69, 9.17) is 10.5 Å². The molecule has 1 aromatic carbocycles. The number of rotatable bonds is 4. The Hall–Kier alpha value is -1.15. The Morgan fingerprint density at radius 2 is 1.73 bits per heavy atom. The quantitative estimate of drug-likeness (QED) is 0.858. The van der Waals surface area contributed by atoms with Gasteiger partial charge in [-0.3, -0.25) is 4.90 Å². The number of sulfonamides is 1. The van der Waals surface area contributed by atoms with Crippen molar-refractivity contribution in [3.05, 3.63) is 24.3 Å². The van der Waals surface area contributed by atoms with Crippen LogP contribution in [-0.2, 0) is 10.0 Å². The van der Waals surface area contributed by atoms with Crippen LogP contribution in [0.1, 0.15) is 25.7 Å². The molecular formula is C19H29N3O3S. The lowest BCUT2D eigenvalue weighted by atomic mass is 9.98. The molecule has 1 aromatic rings. The van der Waals surface area contributed by atoms with E-state index in [-0.39, 0.29) is 0 Å². The minimum atomic E-state index is -3.42. The molecule has 144 valence electrons. The van der Waals surface area contributed by atoms with Crippen molar-refractivity contribution < 1.29 is 13.2 Å². The average Bonchev–Trinajstić information content (AvgIpc) is 3.24. The first-order chi connectivity index (χ1) is 12.5. The summed E-state index contributed by atoms with van der Waals surface area (Å²) in [6.45, 7) is 3.43. The van der Waals surface area contributed by atoms with E-state index < -0.39 is 10.0 Å². The van der Waals surface area contributed by atoms with Gasteiger partial charge in [-0.1, -0.05) is 0 Å². The van der Waals surface area contributed by atoms with Gasteiger partial charge in [0.05, 0.1) is 12.0 Å². The lowest BCUT2D eigenvalue weighted by molar-refractivity contribution is 0.156. The molecule has 0 aromatic heterocycles. The van der Waals surface area contributed by atoms with Crippen LogP contribution in [0.25, 0.3) is 0 Å². The molecule has 0 radical (unpaired) electrons. The molecule has 4 rings (SSSR count). The Morgan fingerprint density at radius 3 is 2.35 bits per heavy atom. The highest BCUT2D eigenvalue weighted by molar-refractivity contribution is 7.89. The molecule has 0 spiro atoms. The molecule has 1 aliphatic carbocycles. The molecule has 3 atom stereocenters. The van der Waals surface area contributed by atoms with E-state index in [1.807, 2.05) is 0 Å². The van der Waals surface area contributed by atoms with Gasteiger partial charge in [0.1, 0.15) is 5.75 Å². The number of methoxy groups -OCH3 is 1. The number of likely N-dealkylation sites (tertiary alicyclic amines) is 1. The molecule has 2 N–H and O–H groups in total. The molecule has 2 saturated heterocycles. The van der Waals surface area contributed by atoms with E-state index in [0.717, 1.165) is 31.8 Å². The predicted molar refractivity (Wildman–Crippen MR) is 101 cm³/mol. The number of hydrogen-bond donors (Lipinski definition) is 1. The van der Waals surface area contributed by atoms with Gasteiger partial charge >= 0.3 is 0 Å². The van der Waals surface area contributed by atoms with Crippen LogP contribution in [0.3, 0.4) is 0 Å². The fourth-order valence-electron chi connectivity index (χ4n) is 4.98. The Labute approximate surface area is 156 Å². The Balaban J connectivity index is 1.37. The second-order valence-electron chi connectivity index (χ2n) is 7.93. The minimum Gasteiger partial charge on any atom is -0.497 e. The summed E-state index contributed by atoms with van der Waals surface area (Å²) in [5.74, 6) is 2.07. The van der Waals surface area contributed by atoms with Crippen LogP contribution in [0, 0.1) is 11.8 Å². The summed E-state index contributed by atoms with van der Waals surface area (Å²) in [5.41, 5.74) is 6.25. The molecule has 3 fully saturated rings. The van der Waals surface area contributed by atoms with Gasteiger partial charge in [-0.15, -0.1) is 0 Å². The summed E-state index contributed by atoms with van der Waals surface area (Å²) in [4.78, 5) is 2.92. The van der Waals surface area contributed by atoms with E-state index >= 15 is 0 Å². The molecule has 6 nitrogen and oxygen atoms in total. The lowest BCUT2D eigenvalue weighted by Gasteiger charge is -2.36. The number of piperidine rings is 1. The molecule has 1 saturated carbocycles. The summed E-state index contributed by atoms with van der Waals surface area (Å²) in [6, 6.07) is 7.51. The Kier molecular flexibility index (Phi) is 4.98. The van der Waals surface area contributed by atoms with Gasteiger partial charge in [0.25, 0.3) is 0 Å². The van der Waals surface area contributed by atoms with Gasteiger partial charge < -0.3 is 10.5 Å². The third kappa shape index (κ3) is 3.26. The largest absolute Gasteiger partial charge is 0.497 e. The van der Waals surface area contributed by atoms with Crippen molar-refractivity contribution in [2.45, 2.75) is 42.7 Å². The maximum atomic E-state index is 12.9. The summed E-state index contributed by atoms with van der Waals surface area (Å²) < 4.78 is 32.5. The highest BCUT2D eigenvalue weighted by Crippen LogP contribution is 2.39. The van der Waals surface area contributed by atoms with Gasteiger partial charge in [-0.25, -0.2) is 8.42 Å². The second kappa shape index (κ2) is 7.11. The van der Waals surface area contributed by atoms with Gasteiger partial charge in [0, 0.05) is 38.3 Å². The van der Waals surface area contributed by atoms with Crippen molar-refractivity contribution in [1.82, 2.24) is 9.21 Å². The van der Waals surface area contributed by atoms with Crippen molar-refractivity contribution in [2.75, 3.05) is 33.3 Å². The number of benzene rings is 1. The van der Waals surface area contributed by atoms with Crippen LogP contribution < -0.4 is 10.5 Å². The fraction of sp³-hybridized carbons (Fsp3) is 0.684. The van der Waals surface area contributed by atoms with Crippen molar-refractivity contribution in [2.24, 2.45) is 17.6 Å². The van der Waals surface area contributed by atoms with Gasteiger partial charge in [-0.2, -0.15) is 4.31 Å². The summed E-state index contributed by atoms with van der Waals surface area (Å²) >= 11 is 0. The van der Waals surface area contributed by atoms with Gasteiger partial charge in [0.2, 0.25) is 10.0 Å². The molecule has 0 unspecified atom stereocenters. The molecule has 7 heteroatoms. The topological polar surface area (TPSA) is 75.9 Å². The highest BCUT2D eigenvalue weighted by atomic mass is 32.2. The normalized spacial score (nSPS) is 31.2. The third-order valence-electron chi connectivity index (χ3n) is 6.58. The first-order valence-electron chi connectivity index (χ1n) is 9.63. The number of ether oxygens (including phenoxy) is 1. The van der Waals surface area contributed by atoms with Crippen LogP contribution in [0.4, 0.5) is 0 Å². The molecule has 2 aliphatic heterocycles. The molecule has 0 bridgehead atoms. The molecule has 0 amide bonds. The summed E-state index contributed by atoms with van der Waals surface area (Å²) in [5, 5.41) is 0. The predicted octanol–water partition coefficient (Wildman–Crippen LogP) is 1.52. The summed E-state index contributed by atoms with van der Waals surface area (Å²) in [6.07, 6.45) is 4.24.